The number of sulfonamides is 1. The number of carbonyl (C=O) groups excluding carboxylic acids is 2. The van der Waals surface area contributed by atoms with Crippen molar-refractivity contribution in [3.8, 4) is 5.75 Å². The number of benzene rings is 3. The zero-order chi connectivity index (χ0) is 28.6. The molecule has 0 heterocycles. The molecule has 8 nitrogen and oxygen atoms in total. The first-order valence-corrected chi connectivity index (χ1v) is 15.2. The Hall–Kier alpha value is -3.08. The number of hydrogen-bond acceptors (Lipinski definition) is 5. The monoisotopic (exact) mass is 635 g/mol. The van der Waals surface area contributed by atoms with Crippen LogP contribution in [0.2, 0.25) is 5.02 Å². The first-order valence-electron chi connectivity index (χ1n) is 12.2. The van der Waals surface area contributed by atoms with Crippen LogP contribution in [0.3, 0.4) is 0 Å². The molecular weight excluding hydrogens is 606 g/mol. The normalized spacial score (nSPS) is 11.9. The molecule has 0 saturated heterocycles. The lowest BCUT2D eigenvalue weighted by atomic mass is 10.0. The number of ether oxygens (including phenoxy) is 1. The van der Waals surface area contributed by atoms with Gasteiger partial charge in [0.1, 0.15) is 18.3 Å². The van der Waals surface area contributed by atoms with Crippen LogP contribution < -0.4 is 14.4 Å². The molecule has 0 spiro atoms. The Morgan fingerprint density at radius 1 is 1.03 bits per heavy atom. The molecule has 0 saturated carbocycles. The van der Waals surface area contributed by atoms with E-state index in [0.29, 0.717) is 6.54 Å². The molecule has 0 bridgehead atoms. The SMILES string of the molecule is CCNC(=O)C(Cc1ccccc1)N(Cc1ccc(Br)cc1)C(=O)CN(c1cc(Cl)ccc1OC)S(C)(=O)=O. The zero-order valence-corrected chi connectivity index (χ0v) is 25.1. The van der Waals surface area contributed by atoms with Crippen molar-refractivity contribution in [1.29, 1.82) is 0 Å². The predicted molar refractivity (Wildman–Crippen MR) is 158 cm³/mol. The van der Waals surface area contributed by atoms with Crippen LogP contribution in [0.25, 0.3) is 0 Å². The van der Waals surface area contributed by atoms with Crippen molar-refractivity contribution in [1.82, 2.24) is 10.2 Å². The van der Waals surface area contributed by atoms with Gasteiger partial charge in [0.15, 0.2) is 0 Å². The fourth-order valence-corrected chi connectivity index (χ4v) is 5.36. The third-order valence-electron chi connectivity index (χ3n) is 5.98. The highest BCUT2D eigenvalue weighted by molar-refractivity contribution is 9.10. The Labute approximate surface area is 243 Å². The summed E-state index contributed by atoms with van der Waals surface area (Å²) in [6.45, 7) is 1.70. The Morgan fingerprint density at radius 2 is 1.69 bits per heavy atom. The van der Waals surface area contributed by atoms with E-state index in [4.69, 9.17) is 16.3 Å². The number of hydrogen-bond donors (Lipinski definition) is 1. The van der Waals surface area contributed by atoms with E-state index in [1.165, 1.54) is 24.1 Å². The summed E-state index contributed by atoms with van der Waals surface area (Å²) in [6, 6.07) is 20.4. The van der Waals surface area contributed by atoms with Gasteiger partial charge in [-0.05, 0) is 48.4 Å². The second-order valence-corrected chi connectivity index (χ2v) is 12.1. The number of nitrogens with one attached hydrogen (secondary N) is 1. The molecule has 11 heteroatoms. The zero-order valence-electron chi connectivity index (χ0n) is 21.9. The number of amides is 2. The lowest BCUT2D eigenvalue weighted by Gasteiger charge is -2.33. The molecule has 3 aromatic rings. The van der Waals surface area contributed by atoms with Crippen LogP contribution in [0.15, 0.2) is 77.3 Å². The number of halogens is 2. The molecule has 3 rings (SSSR count). The second-order valence-electron chi connectivity index (χ2n) is 8.83. The van der Waals surface area contributed by atoms with Gasteiger partial charge in [0.05, 0.1) is 19.1 Å². The molecule has 0 radical (unpaired) electrons. The van der Waals surface area contributed by atoms with E-state index in [0.717, 1.165) is 26.2 Å². The number of methoxy groups -OCH3 is 1. The highest BCUT2D eigenvalue weighted by Crippen LogP contribution is 2.33. The summed E-state index contributed by atoms with van der Waals surface area (Å²) < 4.78 is 33.0. The average Bonchev–Trinajstić information content (AvgIpc) is 2.90. The topological polar surface area (TPSA) is 96.0 Å². The van der Waals surface area contributed by atoms with Crippen molar-refractivity contribution in [2.45, 2.75) is 25.9 Å². The molecule has 0 aromatic heterocycles. The Balaban J connectivity index is 2.07. The standard InChI is InChI=1S/C28H31BrClN3O5S/c1-4-31-28(35)25(16-20-8-6-5-7-9-20)32(18-21-10-12-22(29)13-11-21)27(34)19-33(39(3,36)37)24-17-23(30)14-15-26(24)38-2/h5-15,17,25H,4,16,18-19H2,1-3H3,(H,31,35). The van der Waals surface area contributed by atoms with Gasteiger partial charge in [-0.2, -0.15) is 0 Å². The van der Waals surface area contributed by atoms with Crippen LogP contribution in [0.5, 0.6) is 5.75 Å². The minimum Gasteiger partial charge on any atom is -0.495 e. The first kappa shape index (κ1) is 30.5. The quantitative estimate of drug-likeness (QED) is 0.312. The van der Waals surface area contributed by atoms with Gasteiger partial charge in [0.2, 0.25) is 21.8 Å². The molecule has 39 heavy (non-hydrogen) atoms. The number of nitrogens with zero attached hydrogens (tertiary/aromatic N) is 2. The average molecular weight is 637 g/mol. The van der Waals surface area contributed by atoms with Gasteiger partial charge in [-0.3, -0.25) is 13.9 Å². The first-order chi connectivity index (χ1) is 18.5. The fourth-order valence-electron chi connectivity index (χ4n) is 4.09. The van der Waals surface area contributed by atoms with Crippen molar-refractivity contribution < 1.29 is 22.7 Å². The molecule has 1 unspecified atom stereocenters. The van der Waals surface area contributed by atoms with Crippen LogP contribution >= 0.6 is 27.5 Å². The van der Waals surface area contributed by atoms with Gasteiger partial charge >= 0.3 is 0 Å². The largest absolute Gasteiger partial charge is 0.495 e. The third kappa shape index (κ3) is 8.45. The van der Waals surface area contributed by atoms with Crippen molar-refractivity contribution in [3.05, 3.63) is 93.4 Å². The van der Waals surface area contributed by atoms with Gasteiger partial charge < -0.3 is 15.0 Å². The van der Waals surface area contributed by atoms with E-state index >= 15 is 0 Å². The van der Waals surface area contributed by atoms with Gasteiger partial charge in [0.25, 0.3) is 0 Å². The molecular formula is C28H31BrClN3O5S. The molecule has 208 valence electrons. The van der Waals surface area contributed by atoms with Gasteiger partial charge in [-0.1, -0.05) is 70.0 Å². The van der Waals surface area contributed by atoms with Crippen LogP contribution in [0.1, 0.15) is 18.1 Å². The van der Waals surface area contributed by atoms with Gasteiger partial charge in [-0.25, -0.2) is 8.42 Å². The fraction of sp³-hybridized carbons (Fsp3) is 0.286. The maximum absolute atomic E-state index is 14.0. The summed E-state index contributed by atoms with van der Waals surface area (Å²) in [5.41, 5.74) is 1.76. The number of anilines is 1. The van der Waals surface area contributed by atoms with E-state index in [2.05, 4.69) is 21.2 Å². The highest BCUT2D eigenvalue weighted by atomic mass is 79.9. The summed E-state index contributed by atoms with van der Waals surface area (Å²) in [7, 11) is -2.55. The van der Waals surface area contributed by atoms with Crippen molar-refractivity contribution in [3.63, 3.8) is 0 Å². The van der Waals surface area contributed by atoms with Crippen LogP contribution in [0.4, 0.5) is 5.69 Å². The van der Waals surface area contributed by atoms with Crippen LogP contribution in [-0.4, -0.2) is 57.6 Å². The molecule has 2 amide bonds. The molecule has 3 aromatic carbocycles. The second kappa shape index (κ2) is 13.8. The van der Waals surface area contributed by atoms with Crippen LogP contribution in [0, 0.1) is 0 Å². The minimum atomic E-state index is -3.95. The van der Waals surface area contributed by atoms with Crippen molar-refractivity contribution >= 4 is 55.1 Å². The van der Waals surface area contributed by atoms with Gasteiger partial charge in [0, 0.05) is 29.0 Å². The summed E-state index contributed by atoms with van der Waals surface area (Å²) >= 11 is 9.59. The Bertz CT molecular complexity index is 1390. The van der Waals surface area contributed by atoms with Crippen molar-refractivity contribution in [2.75, 3.05) is 30.8 Å². The molecule has 1 N–H and O–H groups in total. The lowest BCUT2D eigenvalue weighted by molar-refractivity contribution is -0.140. The highest BCUT2D eigenvalue weighted by Gasteiger charge is 2.33. The summed E-state index contributed by atoms with van der Waals surface area (Å²) in [5, 5.41) is 3.11. The molecule has 0 aliphatic rings. The minimum absolute atomic E-state index is 0.0883. The molecule has 0 fully saturated rings. The third-order valence-corrected chi connectivity index (χ3v) is 7.87. The van der Waals surface area contributed by atoms with E-state index in [-0.39, 0.29) is 35.3 Å². The lowest BCUT2D eigenvalue weighted by Crippen LogP contribution is -2.53. The molecule has 0 aliphatic carbocycles. The van der Waals surface area contributed by atoms with E-state index < -0.39 is 28.5 Å². The van der Waals surface area contributed by atoms with E-state index in [9.17, 15) is 18.0 Å². The van der Waals surface area contributed by atoms with Crippen molar-refractivity contribution in [2.24, 2.45) is 0 Å². The number of likely N-dealkylation sites (N-methyl/N-ethyl adjacent to an activating group) is 1. The summed E-state index contributed by atoms with van der Waals surface area (Å²) in [6.07, 6.45) is 1.25. The van der Waals surface area contributed by atoms with Gasteiger partial charge in [-0.15, -0.1) is 0 Å². The maximum Gasteiger partial charge on any atom is 0.244 e. The van der Waals surface area contributed by atoms with E-state index in [1.54, 1.807) is 13.0 Å². The smallest absolute Gasteiger partial charge is 0.244 e. The number of carbonyl (C=O) groups is 2. The van der Waals surface area contributed by atoms with E-state index in [1.807, 2.05) is 54.6 Å². The molecule has 1 atom stereocenters. The summed E-state index contributed by atoms with van der Waals surface area (Å²) in [5.74, 6) is -0.655. The number of rotatable bonds is 12. The maximum atomic E-state index is 14.0. The van der Waals surface area contributed by atoms with Crippen LogP contribution in [-0.2, 0) is 32.6 Å². The summed E-state index contributed by atoms with van der Waals surface area (Å²) in [4.78, 5) is 28.8. The predicted octanol–water partition coefficient (Wildman–Crippen LogP) is 4.65. The Kier molecular flexibility index (Phi) is 10.8. The Morgan fingerprint density at radius 3 is 2.28 bits per heavy atom. The molecule has 0 aliphatic heterocycles.